The van der Waals surface area contributed by atoms with E-state index in [1.807, 2.05) is 22.7 Å². The zero-order valence-electron chi connectivity index (χ0n) is 21.7. The average Bonchev–Trinajstić information content (AvgIpc) is 3.54. The molecule has 0 aliphatic rings. The lowest BCUT2D eigenvalue weighted by atomic mass is 10.1. The van der Waals surface area contributed by atoms with Crippen LogP contribution in [0.25, 0.3) is 75.4 Å². The van der Waals surface area contributed by atoms with Crippen LogP contribution in [0.5, 0.6) is 0 Å². The lowest BCUT2D eigenvalue weighted by Gasteiger charge is -2.00. The van der Waals surface area contributed by atoms with E-state index in [9.17, 15) is 0 Å². The van der Waals surface area contributed by atoms with Crippen molar-refractivity contribution in [2.75, 3.05) is 0 Å². The third kappa shape index (κ3) is 4.23. The topological polar surface area (TPSA) is 0 Å². The Morgan fingerprint density at radius 2 is 0.725 bits per heavy atom. The highest BCUT2D eigenvalue weighted by Crippen LogP contribution is 2.44. The predicted molar refractivity (Wildman–Crippen MR) is 180 cm³/mol. The highest BCUT2D eigenvalue weighted by Gasteiger charge is 2.12. The summed E-state index contributed by atoms with van der Waals surface area (Å²) in [7, 11) is 0. The first-order chi connectivity index (χ1) is 19.8. The maximum absolute atomic E-state index is 2.33. The van der Waals surface area contributed by atoms with Gasteiger partial charge in [-0.15, -0.1) is 22.7 Å². The Morgan fingerprint density at radius 3 is 1.18 bits per heavy atom. The van der Waals surface area contributed by atoms with Crippen molar-refractivity contribution in [1.82, 2.24) is 0 Å². The summed E-state index contributed by atoms with van der Waals surface area (Å²) in [6.45, 7) is 0. The maximum atomic E-state index is 2.33. The molecule has 0 saturated carbocycles. The molecule has 2 heterocycles. The Bertz CT molecular complexity index is 2110. The second kappa shape index (κ2) is 9.60. The van der Waals surface area contributed by atoms with Crippen molar-refractivity contribution in [3.63, 3.8) is 0 Å². The summed E-state index contributed by atoms with van der Waals surface area (Å²) in [6, 6.07) is 44.1. The Balaban J connectivity index is 1.09. The molecule has 0 saturated heterocycles. The van der Waals surface area contributed by atoms with E-state index in [2.05, 4.69) is 146 Å². The van der Waals surface area contributed by atoms with E-state index in [4.69, 9.17) is 0 Å². The van der Waals surface area contributed by atoms with Crippen molar-refractivity contribution in [1.29, 1.82) is 0 Å². The summed E-state index contributed by atoms with van der Waals surface area (Å²) >= 11 is 3.82. The summed E-state index contributed by atoms with van der Waals surface area (Å²) in [6.07, 6.45) is 8.88. The number of rotatable bonds is 4. The van der Waals surface area contributed by atoms with Crippen molar-refractivity contribution in [3.05, 3.63) is 144 Å². The molecule has 8 aromatic rings. The normalized spacial score (nSPS) is 12.3. The molecule has 0 fully saturated rings. The van der Waals surface area contributed by atoms with Gasteiger partial charge >= 0.3 is 0 Å². The van der Waals surface area contributed by atoms with Gasteiger partial charge < -0.3 is 0 Å². The average molecular weight is 545 g/mol. The Hall–Kier alpha value is -4.50. The fourth-order valence-corrected chi connectivity index (χ4v) is 8.25. The lowest BCUT2D eigenvalue weighted by molar-refractivity contribution is 1.70. The smallest absolute Gasteiger partial charge is 0.0542 e. The molecule has 0 bridgehead atoms. The molecule has 2 heteroatoms. The molecule has 40 heavy (non-hydrogen) atoms. The molecular weight excluding hydrogens is 521 g/mol. The fraction of sp³-hybridized carbons (Fsp3) is 0. The quantitative estimate of drug-likeness (QED) is 0.193. The SMILES string of the molecule is C(=Cc1ccc2c(c1)sc1c3ccc(/C=C/c4ccc5ccccc5c4)cc3sc21)c1ccc2ccccc2c1. The molecule has 2 aromatic heterocycles. The van der Waals surface area contributed by atoms with E-state index in [0.29, 0.717) is 0 Å². The summed E-state index contributed by atoms with van der Waals surface area (Å²) in [5, 5.41) is 7.82. The lowest BCUT2D eigenvalue weighted by Crippen LogP contribution is -1.76. The third-order valence-electron chi connectivity index (χ3n) is 7.61. The van der Waals surface area contributed by atoms with E-state index in [1.165, 1.54) is 73.4 Å². The minimum absolute atomic E-state index is 1.22. The molecule has 6 aromatic carbocycles. The molecule has 188 valence electrons. The Morgan fingerprint density at radius 1 is 0.350 bits per heavy atom. The maximum Gasteiger partial charge on any atom is 0.0542 e. The van der Waals surface area contributed by atoms with Gasteiger partial charge in [-0.2, -0.15) is 0 Å². The van der Waals surface area contributed by atoms with Gasteiger partial charge in [0.15, 0.2) is 0 Å². The zero-order chi connectivity index (χ0) is 26.5. The van der Waals surface area contributed by atoms with Gasteiger partial charge in [0.2, 0.25) is 0 Å². The molecule has 0 aliphatic carbocycles. The van der Waals surface area contributed by atoms with Crippen molar-refractivity contribution in [2.24, 2.45) is 0 Å². The monoisotopic (exact) mass is 544 g/mol. The Labute approximate surface area is 240 Å². The van der Waals surface area contributed by atoms with E-state index in [1.54, 1.807) is 0 Å². The molecule has 0 aliphatic heterocycles. The van der Waals surface area contributed by atoms with E-state index < -0.39 is 0 Å². The van der Waals surface area contributed by atoms with Gasteiger partial charge in [0, 0.05) is 20.2 Å². The van der Waals surface area contributed by atoms with E-state index >= 15 is 0 Å². The molecule has 0 amide bonds. The first-order valence-electron chi connectivity index (χ1n) is 13.5. The number of hydrogen-bond acceptors (Lipinski definition) is 2. The van der Waals surface area contributed by atoms with Crippen LogP contribution in [0, 0.1) is 0 Å². The van der Waals surface area contributed by atoms with Crippen LogP contribution in [0.2, 0.25) is 0 Å². The first-order valence-corrected chi connectivity index (χ1v) is 15.1. The van der Waals surface area contributed by atoms with Crippen LogP contribution in [0.1, 0.15) is 22.3 Å². The van der Waals surface area contributed by atoms with Gasteiger partial charge in [0.05, 0.1) is 9.40 Å². The largest absolute Gasteiger partial charge is 0.134 e. The summed E-state index contributed by atoms with van der Waals surface area (Å²) in [5.41, 5.74) is 4.92. The highest BCUT2D eigenvalue weighted by molar-refractivity contribution is 7.36. The first kappa shape index (κ1) is 23.4. The van der Waals surface area contributed by atoms with Crippen LogP contribution in [-0.2, 0) is 0 Å². The Kier molecular flexibility index (Phi) is 5.62. The molecule has 0 unspecified atom stereocenters. The van der Waals surface area contributed by atoms with E-state index in [-0.39, 0.29) is 0 Å². The van der Waals surface area contributed by atoms with Crippen LogP contribution in [0.4, 0.5) is 0 Å². The fourth-order valence-electron chi connectivity index (χ4n) is 5.50. The minimum atomic E-state index is 1.22. The predicted octanol–water partition coefficient (Wildman–Crippen LogP) is 11.9. The van der Waals surface area contributed by atoms with Crippen LogP contribution < -0.4 is 0 Å². The molecule has 8 rings (SSSR count). The van der Waals surface area contributed by atoms with Gasteiger partial charge in [-0.3, -0.25) is 0 Å². The second-order valence-electron chi connectivity index (χ2n) is 10.3. The number of benzene rings is 6. The van der Waals surface area contributed by atoms with Crippen molar-refractivity contribution in [2.45, 2.75) is 0 Å². The van der Waals surface area contributed by atoms with Crippen molar-refractivity contribution in [3.8, 4) is 0 Å². The summed E-state index contributed by atoms with van der Waals surface area (Å²) in [5.74, 6) is 0. The minimum Gasteiger partial charge on any atom is -0.134 e. The van der Waals surface area contributed by atoms with Gasteiger partial charge in [-0.1, -0.05) is 121 Å². The molecule has 0 spiro atoms. The standard InChI is InChI=1S/C38H24S2/c1-3-7-31-21-25(13-17-29(31)5-1)9-11-27-15-19-33-35(23-27)39-38-34-20-16-28(24-36(34)40-37(33)38)12-10-26-14-18-30-6-2-4-8-32(30)22-26/h1-24H/b11-9+,12-10?. The summed E-state index contributed by atoms with van der Waals surface area (Å²) < 4.78 is 5.50. The van der Waals surface area contributed by atoms with Gasteiger partial charge in [0.1, 0.15) is 0 Å². The third-order valence-corrected chi connectivity index (χ3v) is 10.1. The highest BCUT2D eigenvalue weighted by atomic mass is 32.1. The van der Waals surface area contributed by atoms with Crippen LogP contribution in [0.15, 0.2) is 121 Å². The molecule has 0 radical (unpaired) electrons. The van der Waals surface area contributed by atoms with E-state index in [0.717, 1.165) is 0 Å². The van der Waals surface area contributed by atoms with Gasteiger partial charge in [0.25, 0.3) is 0 Å². The number of thiophene rings is 2. The second-order valence-corrected chi connectivity index (χ2v) is 12.4. The molecular formula is C38H24S2. The van der Waals surface area contributed by atoms with Crippen LogP contribution in [0.3, 0.4) is 0 Å². The van der Waals surface area contributed by atoms with Crippen molar-refractivity contribution >= 4 is 98.1 Å². The number of fused-ring (bicyclic) bond motifs is 7. The van der Waals surface area contributed by atoms with Gasteiger partial charge in [-0.05, 0) is 68.1 Å². The molecule has 0 nitrogen and oxygen atoms in total. The number of hydrogen-bond donors (Lipinski definition) is 0. The summed E-state index contributed by atoms with van der Waals surface area (Å²) in [4.78, 5) is 0. The van der Waals surface area contributed by atoms with Crippen LogP contribution in [-0.4, -0.2) is 0 Å². The van der Waals surface area contributed by atoms with Gasteiger partial charge in [-0.25, -0.2) is 0 Å². The van der Waals surface area contributed by atoms with Crippen LogP contribution >= 0.6 is 22.7 Å². The zero-order valence-corrected chi connectivity index (χ0v) is 23.3. The molecule has 0 N–H and O–H groups in total. The van der Waals surface area contributed by atoms with Crippen molar-refractivity contribution < 1.29 is 0 Å². The molecule has 0 atom stereocenters.